The van der Waals surface area contributed by atoms with Crippen LogP contribution in [0.1, 0.15) is 54.8 Å². The number of benzene rings is 1. The van der Waals surface area contributed by atoms with Crippen molar-refractivity contribution in [2.75, 3.05) is 26.7 Å². The number of carbonyl (C=O) groups excluding carboxylic acids is 1. The number of carbonyl (C=O) groups is 1. The third-order valence-electron chi connectivity index (χ3n) is 5.06. The molecule has 1 aromatic carbocycles. The van der Waals surface area contributed by atoms with Crippen molar-refractivity contribution in [1.29, 1.82) is 0 Å². The highest BCUT2D eigenvalue weighted by Gasteiger charge is 2.25. The number of methoxy groups -OCH3 is 1. The van der Waals surface area contributed by atoms with Gasteiger partial charge in [0.25, 0.3) is 5.91 Å². The molecule has 0 spiro atoms. The fourth-order valence-corrected chi connectivity index (χ4v) is 3.45. The molecule has 0 radical (unpaired) electrons. The van der Waals surface area contributed by atoms with Crippen LogP contribution in [0.3, 0.4) is 0 Å². The van der Waals surface area contributed by atoms with Crippen LogP contribution in [0, 0.1) is 0 Å². The fraction of sp³-hybridized carbons (Fsp3) is 0.526. The Morgan fingerprint density at radius 2 is 2.19 bits per heavy atom. The summed E-state index contributed by atoms with van der Waals surface area (Å²) in [7, 11) is 1.64. The number of amides is 1. The first-order chi connectivity index (χ1) is 12.6. The van der Waals surface area contributed by atoms with Crippen LogP contribution in [0.5, 0.6) is 5.75 Å². The largest absolute Gasteiger partial charge is 0.497 e. The Bertz CT molecular complexity index is 739. The summed E-state index contributed by atoms with van der Waals surface area (Å²) in [5.74, 6) is 0.692. The summed E-state index contributed by atoms with van der Waals surface area (Å²) < 4.78 is 7.15. The highest BCUT2D eigenvalue weighted by molar-refractivity contribution is 5.92. The monoisotopic (exact) mass is 357 g/mol. The number of rotatable bonds is 6. The summed E-state index contributed by atoms with van der Waals surface area (Å²) in [5, 5.41) is 11.7. The van der Waals surface area contributed by atoms with Crippen molar-refractivity contribution in [3.8, 4) is 5.75 Å². The topological polar surface area (TPSA) is 72.3 Å². The molecular weight excluding hydrogens is 330 g/mol. The number of hydrogen-bond donors (Lipinski definition) is 1. The maximum absolute atomic E-state index is 13.0. The van der Waals surface area contributed by atoms with Gasteiger partial charge in [0.1, 0.15) is 5.75 Å². The van der Waals surface area contributed by atoms with E-state index in [4.69, 9.17) is 4.74 Å². The number of piperidine rings is 1. The summed E-state index contributed by atoms with van der Waals surface area (Å²) >= 11 is 0. The van der Waals surface area contributed by atoms with E-state index in [1.807, 2.05) is 47.7 Å². The fourth-order valence-electron chi connectivity index (χ4n) is 3.45. The van der Waals surface area contributed by atoms with Gasteiger partial charge in [0.15, 0.2) is 5.69 Å². The molecule has 140 valence electrons. The van der Waals surface area contributed by atoms with Crippen molar-refractivity contribution in [3.63, 3.8) is 0 Å². The standard InChI is InChI=1S/C19H27N5O2/c1-4-23(14(2)15-6-5-7-17(12-15)26-3)19(25)18-13-24(22-21-18)16-8-10-20-11-9-16/h5-7,12-14,16,20H,4,8-11H2,1-3H3. The first kappa shape index (κ1) is 18.4. The Kier molecular flexibility index (Phi) is 5.88. The third-order valence-corrected chi connectivity index (χ3v) is 5.06. The van der Waals surface area contributed by atoms with Crippen LogP contribution in [0.25, 0.3) is 0 Å². The second-order valence-corrected chi connectivity index (χ2v) is 6.61. The predicted molar refractivity (Wildman–Crippen MR) is 99.3 cm³/mol. The van der Waals surface area contributed by atoms with E-state index in [-0.39, 0.29) is 11.9 Å². The first-order valence-corrected chi connectivity index (χ1v) is 9.21. The van der Waals surface area contributed by atoms with Crippen LogP contribution in [-0.4, -0.2) is 52.5 Å². The molecule has 7 heteroatoms. The zero-order valence-corrected chi connectivity index (χ0v) is 15.7. The van der Waals surface area contributed by atoms with Crippen LogP contribution in [0.2, 0.25) is 0 Å². The lowest BCUT2D eigenvalue weighted by Crippen LogP contribution is -2.33. The minimum Gasteiger partial charge on any atom is -0.497 e. The zero-order chi connectivity index (χ0) is 18.5. The van der Waals surface area contributed by atoms with E-state index >= 15 is 0 Å². The average Bonchev–Trinajstić information content (AvgIpc) is 3.19. The molecule has 2 aromatic rings. The molecule has 1 saturated heterocycles. The quantitative estimate of drug-likeness (QED) is 0.860. The Balaban J connectivity index is 1.76. The van der Waals surface area contributed by atoms with Crippen molar-refractivity contribution in [2.24, 2.45) is 0 Å². The van der Waals surface area contributed by atoms with E-state index in [9.17, 15) is 4.79 Å². The smallest absolute Gasteiger partial charge is 0.276 e. The summed E-state index contributed by atoms with van der Waals surface area (Å²) in [6.45, 7) is 6.54. The van der Waals surface area contributed by atoms with Gasteiger partial charge in [0.2, 0.25) is 0 Å². The normalized spacial score (nSPS) is 16.3. The van der Waals surface area contributed by atoms with Crippen LogP contribution in [0.4, 0.5) is 0 Å². The Morgan fingerprint density at radius 1 is 1.42 bits per heavy atom. The van der Waals surface area contributed by atoms with E-state index in [0.29, 0.717) is 18.3 Å². The molecule has 0 saturated carbocycles. The second kappa shape index (κ2) is 8.31. The number of ether oxygens (including phenoxy) is 1. The van der Waals surface area contributed by atoms with E-state index < -0.39 is 0 Å². The molecule has 1 N–H and O–H groups in total. The van der Waals surface area contributed by atoms with Crippen molar-refractivity contribution in [1.82, 2.24) is 25.2 Å². The Morgan fingerprint density at radius 3 is 2.88 bits per heavy atom. The molecule has 1 aliphatic heterocycles. The van der Waals surface area contributed by atoms with Gasteiger partial charge in [-0.05, 0) is 57.5 Å². The maximum atomic E-state index is 13.0. The Labute approximate surface area is 154 Å². The van der Waals surface area contributed by atoms with Gasteiger partial charge in [-0.25, -0.2) is 4.68 Å². The molecule has 1 unspecified atom stereocenters. The van der Waals surface area contributed by atoms with Gasteiger partial charge in [-0.2, -0.15) is 0 Å². The number of nitrogens with zero attached hydrogens (tertiary/aromatic N) is 4. The van der Waals surface area contributed by atoms with Crippen molar-refractivity contribution >= 4 is 5.91 Å². The van der Waals surface area contributed by atoms with E-state index in [1.165, 1.54) is 0 Å². The van der Waals surface area contributed by atoms with Crippen molar-refractivity contribution < 1.29 is 9.53 Å². The predicted octanol–water partition coefficient (Wildman–Crippen LogP) is 2.43. The third kappa shape index (κ3) is 3.88. The van der Waals surface area contributed by atoms with Gasteiger partial charge in [0.05, 0.1) is 25.4 Å². The molecule has 1 atom stereocenters. The summed E-state index contributed by atoms with van der Waals surface area (Å²) in [4.78, 5) is 14.8. The van der Waals surface area contributed by atoms with Crippen molar-refractivity contribution in [3.05, 3.63) is 41.7 Å². The van der Waals surface area contributed by atoms with Gasteiger partial charge >= 0.3 is 0 Å². The van der Waals surface area contributed by atoms with E-state index in [2.05, 4.69) is 15.6 Å². The first-order valence-electron chi connectivity index (χ1n) is 9.21. The van der Waals surface area contributed by atoms with Crippen LogP contribution in [0.15, 0.2) is 30.5 Å². The molecule has 7 nitrogen and oxygen atoms in total. The summed E-state index contributed by atoms with van der Waals surface area (Å²) in [6, 6.07) is 8.05. The molecule has 3 rings (SSSR count). The molecule has 0 bridgehead atoms. The average molecular weight is 357 g/mol. The number of nitrogens with one attached hydrogen (secondary N) is 1. The van der Waals surface area contributed by atoms with Gasteiger partial charge in [-0.15, -0.1) is 5.10 Å². The molecule has 2 heterocycles. The Hall–Kier alpha value is -2.41. The molecule has 0 aliphatic carbocycles. The SMILES string of the molecule is CCN(C(=O)c1cn(C2CCNCC2)nn1)C(C)c1cccc(OC)c1. The minimum absolute atomic E-state index is 0.0772. The van der Waals surface area contributed by atoms with E-state index in [1.54, 1.807) is 13.3 Å². The van der Waals surface area contributed by atoms with Gasteiger partial charge < -0.3 is 15.0 Å². The summed E-state index contributed by atoms with van der Waals surface area (Å²) in [6.07, 6.45) is 3.81. The zero-order valence-electron chi connectivity index (χ0n) is 15.7. The lowest BCUT2D eigenvalue weighted by Gasteiger charge is -2.28. The lowest BCUT2D eigenvalue weighted by molar-refractivity contribution is 0.0696. The van der Waals surface area contributed by atoms with Crippen molar-refractivity contribution in [2.45, 2.75) is 38.8 Å². The van der Waals surface area contributed by atoms with Gasteiger partial charge in [0, 0.05) is 6.54 Å². The van der Waals surface area contributed by atoms with Gasteiger partial charge in [-0.3, -0.25) is 4.79 Å². The summed E-state index contributed by atoms with van der Waals surface area (Å²) in [5.41, 5.74) is 1.44. The molecule has 1 aliphatic rings. The highest BCUT2D eigenvalue weighted by Crippen LogP contribution is 2.25. The van der Waals surface area contributed by atoms with E-state index in [0.717, 1.165) is 37.2 Å². The number of hydrogen-bond acceptors (Lipinski definition) is 5. The van der Waals surface area contributed by atoms with Crippen LogP contribution >= 0.6 is 0 Å². The van der Waals surface area contributed by atoms with Crippen LogP contribution < -0.4 is 10.1 Å². The number of aromatic nitrogens is 3. The maximum Gasteiger partial charge on any atom is 0.276 e. The van der Waals surface area contributed by atoms with Crippen LogP contribution in [-0.2, 0) is 0 Å². The molecule has 1 aromatic heterocycles. The molecule has 26 heavy (non-hydrogen) atoms. The van der Waals surface area contributed by atoms with Gasteiger partial charge in [-0.1, -0.05) is 17.3 Å². The molecule has 1 amide bonds. The molecular formula is C19H27N5O2. The minimum atomic E-state index is -0.0944. The molecule has 1 fully saturated rings. The second-order valence-electron chi connectivity index (χ2n) is 6.61. The lowest BCUT2D eigenvalue weighted by atomic mass is 10.1. The highest BCUT2D eigenvalue weighted by atomic mass is 16.5.